The van der Waals surface area contributed by atoms with Gasteiger partial charge in [0, 0.05) is 25.4 Å². The fraction of sp³-hybridized carbons (Fsp3) is 0.700. The van der Waals surface area contributed by atoms with E-state index in [9.17, 15) is 4.57 Å². The molecule has 1 heterocycles. The van der Waals surface area contributed by atoms with E-state index in [-0.39, 0.29) is 0 Å². The Labute approximate surface area is 90.5 Å². The van der Waals surface area contributed by atoms with Crippen LogP contribution in [0.15, 0.2) is 0 Å². The minimum atomic E-state index is -2.33. The normalized spacial score (nSPS) is 15.4. The first-order valence-corrected chi connectivity index (χ1v) is 8.00. The number of aryl methyl sites for hydroxylation is 1. The van der Waals surface area contributed by atoms with Crippen LogP contribution >= 0.6 is 7.29 Å². The molecule has 0 aliphatic heterocycles. The first-order chi connectivity index (χ1) is 7.04. The lowest BCUT2D eigenvalue weighted by Crippen LogP contribution is -2.07. The summed E-state index contributed by atoms with van der Waals surface area (Å²) in [5.74, 6) is 0.985. The fourth-order valence-corrected chi connectivity index (χ4v) is 3.07. The average Bonchev–Trinajstić information content (AvgIpc) is 2.65. The molecule has 15 heavy (non-hydrogen) atoms. The summed E-state index contributed by atoms with van der Waals surface area (Å²) in [4.78, 5) is 0. The van der Waals surface area contributed by atoms with Gasteiger partial charge in [0.05, 0.1) is 5.69 Å². The Kier molecular flexibility index (Phi) is 2.63. The molecule has 1 aromatic rings. The highest BCUT2D eigenvalue weighted by atomic mass is 31.2. The fourth-order valence-electron chi connectivity index (χ4n) is 2.07. The molecule has 1 aliphatic rings. The lowest BCUT2D eigenvalue weighted by molar-refractivity contribution is 0.571. The van der Waals surface area contributed by atoms with Crippen LogP contribution in [0.1, 0.15) is 24.6 Å². The summed E-state index contributed by atoms with van der Waals surface area (Å²) in [6.07, 6.45) is 3.27. The van der Waals surface area contributed by atoms with Crippen LogP contribution in [-0.2, 0) is 17.4 Å². The molecule has 84 valence electrons. The predicted molar refractivity (Wildman–Crippen MR) is 63.3 cm³/mol. The summed E-state index contributed by atoms with van der Waals surface area (Å²) in [5, 5.41) is 7.76. The number of hydrogen-bond acceptors (Lipinski definition) is 3. The largest absolute Gasteiger partial charge is 0.370 e. The van der Waals surface area contributed by atoms with Crippen LogP contribution in [0.5, 0.6) is 0 Å². The zero-order chi connectivity index (χ0) is 11.1. The molecule has 2 rings (SSSR count). The number of hydrogen-bond donors (Lipinski definition) is 1. The highest BCUT2D eigenvalue weighted by molar-refractivity contribution is 7.60. The highest BCUT2D eigenvalue weighted by Crippen LogP contribution is 2.44. The van der Waals surface area contributed by atoms with Gasteiger partial charge in [0.25, 0.3) is 0 Å². The van der Waals surface area contributed by atoms with Crippen LogP contribution < -0.4 is 5.32 Å². The van der Waals surface area contributed by atoms with Gasteiger partial charge in [0.1, 0.15) is 5.82 Å². The molecule has 0 amide bonds. The third kappa shape index (κ3) is 1.83. The van der Waals surface area contributed by atoms with E-state index in [1.54, 1.807) is 17.8 Å². The topological polar surface area (TPSA) is 46.9 Å². The van der Waals surface area contributed by atoms with Crippen molar-refractivity contribution in [3.63, 3.8) is 0 Å². The van der Waals surface area contributed by atoms with Crippen molar-refractivity contribution in [1.29, 1.82) is 0 Å². The number of nitrogens with zero attached hydrogens (tertiary/aromatic N) is 2. The number of nitrogens with one attached hydrogen (secondary N) is 1. The van der Waals surface area contributed by atoms with Gasteiger partial charge in [0.15, 0.2) is 7.29 Å². The van der Waals surface area contributed by atoms with E-state index in [1.807, 2.05) is 0 Å². The van der Waals surface area contributed by atoms with Crippen LogP contribution in [-0.4, -0.2) is 29.4 Å². The highest BCUT2D eigenvalue weighted by Gasteiger charge is 2.26. The molecule has 0 unspecified atom stereocenters. The molecular weight excluding hydrogens is 209 g/mol. The lowest BCUT2D eigenvalue weighted by Gasteiger charge is -2.13. The molecule has 0 saturated heterocycles. The quantitative estimate of drug-likeness (QED) is 0.805. The van der Waals surface area contributed by atoms with Gasteiger partial charge < -0.3 is 5.32 Å². The van der Waals surface area contributed by atoms with E-state index in [2.05, 4.69) is 17.3 Å². The summed E-state index contributed by atoms with van der Waals surface area (Å²) < 4.78 is 13.8. The van der Waals surface area contributed by atoms with Crippen LogP contribution in [0.4, 0.5) is 5.82 Å². The molecule has 0 fully saturated rings. The minimum absolute atomic E-state index is 0.845. The number of rotatable bonds is 3. The molecule has 0 bridgehead atoms. The third-order valence-corrected chi connectivity index (χ3v) is 3.89. The van der Waals surface area contributed by atoms with Crippen molar-refractivity contribution in [3.8, 4) is 0 Å². The van der Waals surface area contributed by atoms with Crippen molar-refractivity contribution in [2.24, 2.45) is 0 Å². The number of fused-ring (bicyclic) bond motifs is 1. The second kappa shape index (κ2) is 3.67. The van der Waals surface area contributed by atoms with Gasteiger partial charge in [-0.15, -0.1) is 0 Å². The first kappa shape index (κ1) is 10.7. The van der Waals surface area contributed by atoms with Gasteiger partial charge in [-0.3, -0.25) is 4.57 Å². The zero-order valence-electron chi connectivity index (χ0n) is 9.58. The number of aromatic nitrogens is 2. The van der Waals surface area contributed by atoms with Gasteiger partial charge in [-0.05, 0) is 26.2 Å². The predicted octanol–water partition coefficient (Wildman–Crippen LogP) is 2.19. The summed E-state index contributed by atoms with van der Waals surface area (Å²) >= 11 is 0. The SMILES string of the molecule is CCNc1c2c(nn1P(C)(C)=O)CCC2. The van der Waals surface area contributed by atoms with Gasteiger partial charge in [-0.25, -0.2) is 0 Å². The second-order valence-corrected chi connectivity index (χ2v) is 7.31. The van der Waals surface area contributed by atoms with E-state index in [1.165, 1.54) is 12.0 Å². The Bertz CT molecular complexity index is 419. The molecule has 0 radical (unpaired) electrons. The lowest BCUT2D eigenvalue weighted by atomic mass is 10.2. The van der Waals surface area contributed by atoms with Gasteiger partial charge >= 0.3 is 0 Å². The zero-order valence-corrected chi connectivity index (χ0v) is 10.5. The molecule has 0 spiro atoms. The molecule has 0 saturated carbocycles. The van der Waals surface area contributed by atoms with Gasteiger partial charge in [-0.1, -0.05) is 0 Å². The summed E-state index contributed by atoms with van der Waals surface area (Å²) in [6, 6.07) is 0. The maximum absolute atomic E-state index is 12.1. The van der Waals surface area contributed by atoms with E-state index in [0.29, 0.717) is 0 Å². The van der Waals surface area contributed by atoms with Crippen LogP contribution in [0.2, 0.25) is 0 Å². The van der Waals surface area contributed by atoms with Crippen LogP contribution in [0, 0.1) is 0 Å². The molecule has 5 heteroatoms. The van der Waals surface area contributed by atoms with Gasteiger partial charge in [0.2, 0.25) is 0 Å². The Morgan fingerprint density at radius 1 is 1.47 bits per heavy atom. The van der Waals surface area contributed by atoms with Crippen LogP contribution in [0.3, 0.4) is 0 Å². The summed E-state index contributed by atoms with van der Waals surface area (Å²) in [7, 11) is -2.33. The smallest absolute Gasteiger partial charge is 0.187 e. The molecule has 1 N–H and O–H groups in total. The maximum atomic E-state index is 12.1. The molecule has 1 aromatic heterocycles. The maximum Gasteiger partial charge on any atom is 0.187 e. The van der Waals surface area contributed by atoms with Crippen molar-refractivity contribution in [2.75, 3.05) is 25.2 Å². The monoisotopic (exact) mass is 227 g/mol. The molecule has 1 aliphatic carbocycles. The van der Waals surface area contributed by atoms with Gasteiger partial charge in [-0.2, -0.15) is 9.55 Å². The molecular formula is C10H18N3OP. The number of anilines is 1. The standard InChI is InChI=1S/C10H18N3OP/c1-4-11-10-8-6-5-7-9(8)12-13(10)15(2,3)14/h11H,4-7H2,1-3H3. The van der Waals surface area contributed by atoms with E-state index < -0.39 is 7.29 Å². The van der Waals surface area contributed by atoms with E-state index in [4.69, 9.17) is 0 Å². The van der Waals surface area contributed by atoms with Crippen molar-refractivity contribution in [2.45, 2.75) is 26.2 Å². The van der Waals surface area contributed by atoms with Crippen molar-refractivity contribution in [3.05, 3.63) is 11.3 Å². The minimum Gasteiger partial charge on any atom is -0.370 e. The Morgan fingerprint density at radius 2 is 2.20 bits per heavy atom. The Morgan fingerprint density at radius 3 is 2.80 bits per heavy atom. The Balaban J connectivity index is 2.51. The summed E-state index contributed by atoms with van der Waals surface area (Å²) in [5.41, 5.74) is 2.41. The third-order valence-electron chi connectivity index (χ3n) is 2.69. The molecule has 4 nitrogen and oxygen atoms in total. The average molecular weight is 227 g/mol. The molecule has 0 atom stereocenters. The molecule has 0 aromatic carbocycles. The second-order valence-electron chi connectivity index (χ2n) is 4.34. The van der Waals surface area contributed by atoms with Crippen molar-refractivity contribution in [1.82, 2.24) is 9.55 Å². The van der Waals surface area contributed by atoms with Crippen LogP contribution in [0.25, 0.3) is 0 Å². The van der Waals surface area contributed by atoms with Crippen molar-refractivity contribution < 1.29 is 4.57 Å². The van der Waals surface area contributed by atoms with E-state index >= 15 is 0 Å². The van der Waals surface area contributed by atoms with E-state index in [0.717, 1.165) is 30.9 Å². The Hall–Kier alpha value is -0.760. The first-order valence-electron chi connectivity index (χ1n) is 5.44. The van der Waals surface area contributed by atoms with Crippen molar-refractivity contribution >= 4 is 13.1 Å². The summed E-state index contributed by atoms with van der Waals surface area (Å²) in [6.45, 7) is 6.42.